The van der Waals surface area contributed by atoms with Gasteiger partial charge in [0, 0.05) is 42.5 Å². The molecule has 2 fully saturated rings. The Morgan fingerprint density at radius 1 is 1.29 bits per heavy atom. The van der Waals surface area contributed by atoms with E-state index in [1.165, 1.54) is 0 Å². The summed E-state index contributed by atoms with van der Waals surface area (Å²) in [6.45, 7) is 1.30. The Labute approximate surface area is 146 Å². The van der Waals surface area contributed by atoms with E-state index in [9.17, 15) is 9.00 Å². The molecule has 0 unspecified atom stereocenters. The number of carbonyl (C=O) groups is 1. The molecule has 0 radical (unpaired) electrons. The SMILES string of the molecule is C[S@](=O)C1(CNC(=O)N2CCCCC[C@@H]2c2ccncc2)CCC1. The summed E-state index contributed by atoms with van der Waals surface area (Å²) in [6, 6.07) is 4.10. The molecule has 1 N–H and O–H groups in total. The third-order valence-electron chi connectivity index (χ3n) is 5.54. The number of nitrogens with one attached hydrogen (secondary N) is 1. The highest BCUT2D eigenvalue weighted by molar-refractivity contribution is 7.85. The van der Waals surface area contributed by atoms with Crippen LogP contribution in [-0.2, 0) is 10.8 Å². The highest BCUT2D eigenvalue weighted by atomic mass is 32.2. The Kier molecular flexibility index (Phi) is 5.54. The lowest BCUT2D eigenvalue weighted by atomic mass is 9.84. The Morgan fingerprint density at radius 3 is 2.67 bits per heavy atom. The molecule has 1 aromatic rings. The number of nitrogens with zero attached hydrogens (tertiary/aromatic N) is 2. The summed E-state index contributed by atoms with van der Waals surface area (Å²) < 4.78 is 11.8. The average molecular weight is 350 g/mol. The van der Waals surface area contributed by atoms with Crippen LogP contribution in [0.1, 0.15) is 56.6 Å². The fourth-order valence-corrected chi connectivity index (χ4v) is 4.90. The first-order chi connectivity index (χ1) is 11.6. The molecule has 1 aliphatic heterocycles. The second kappa shape index (κ2) is 7.64. The summed E-state index contributed by atoms with van der Waals surface area (Å²) in [6.07, 6.45) is 12.7. The van der Waals surface area contributed by atoms with E-state index < -0.39 is 10.8 Å². The number of pyridine rings is 1. The summed E-state index contributed by atoms with van der Waals surface area (Å²) >= 11 is 0. The molecule has 2 heterocycles. The third kappa shape index (κ3) is 3.63. The second-order valence-electron chi connectivity index (χ2n) is 6.99. The van der Waals surface area contributed by atoms with Crippen LogP contribution >= 0.6 is 0 Å². The third-order valence-corrected chi connectivity index (χ3v) is 7.31. The summed E-state index contributed by atoms with van der Waals surface area (Å²) in [5.41, 5.74) is 1.15. The van der Waals surface area contributed by atoms with Crippen LogP contribution in [-0.4, -0.2) is 44.2 Å². The maximum atomic E-state index is 12.8. The van der Waals surface area contributed by atoms with Crippen molar-refractivity contribution in [3.63, 3.8) is 0 Å². The summed E-state index contributed by atoms with van der Waals surface area (Å²) in [5, 5.41) is 3.08. The van der Waals surface area contributed by atoms with Crippen molar-refractivity contribution >= 4 is 16.8 Å². The molecule has 6 heteroatoms. The predicted molar refractivity (Wildman–Crippen MR) is 96.2 cm³/mol. The molecule has 132 valence electrons. The largest absolute Gasteiger partial charge is 0.336 e. The standard InChI is InChI=1S/C18H27N3O2S/c1-24(23)18(9-5-10-18)14-20-17(22)21-13-4-2-3-6-16(21)15-7-11-19-12-8-15/h7-8,11-12,16H,2-6,9-10,13-14H2,1H3,(H,20,22)/t16-,24+/m1/s1. The molecule has 0 bridgehead atoms. The molecular formula is C18H27N3O2S. The highest BCUT2D eigenvalue weighted by Crippen LogP contribution is 2.36. The van der Waals surface area contributed by atoms with Gasteiger partial charge in [-0.2, -0.15) is 0 Å². The average Bonchev–Trinajstić information content (AvgIpc) is 2.80. The van der Waals surface area contributed by atoms with Crippen molar-refractivity contribution in [2.75, 3.05) is 19.3 Å². The van der Waals surface area contributed by atoms with Crippen LogP contribution in [0.5, 0.6) is 0 Å². The van der Waals surface area contributed by atoms with Crippen molar-refractivity contribution in [2.24, 2.45) is 0 Å². The Bertz CT molecular complexity index is 589. The number of likely N-dealkylation sites (tertiary alicyclic amines) is 1. The van der Waals surface area contributed by atoms with Crippen LogP contribution in [0.3, 0.4) is 0 Å². The molecule has 3 rings (SSSR count). The number of hydrogen-bond acceptors (Lipinski definition) is 3. The first-order valence-corrected chi connectivity index (χ1v) is 10.5. The van der Waals surface area contributed by atoms with E-state index in [2.05, 4.69) is 10.3 Å². The molecule has 1 saturated carbocycles. The smallest absolute Gasteiger partial charge is 0.317 e. The molecule has 1 aromatic heterocycles. The molecule has 2 amide bonds. The van der Waals surface area contributed by atoms with Gasteiger partial charge in [-0.15, -0.1) is 0 Å². The van der Waals surface area contributed by atoms with Gasteiger partial charge in [-0.3, -0.25) is 9.19 Å². The first-order valence-electron chi connectivity index (χ1n) is 8.90. The number of amides is 2. The lowest BCUT2D eigenvalue weighted by Gasteiger charge is -2.40. The van der Waals surface area contributed by atoms with E-state index in [1.54, 1.807) is 18.6 Å². The normalized spacial score (nSPS) is 24.5. The van der Waals surface area contributed by atoms with Gasteiger partial charge in [0.15, 0.2) is 0 Å². The van der Waals surface area contributed by atoms with Crippen molar-refractivity contribution in [3.8, 4) is 0 Å². The van der Waals surface area contributed by atoms with Crippen molar-refractivity contribution in [3.05, 3.63) is 30.1 Å². The Balaban J connectivity index is 1.69. The van der Waals surface area contributed by atoms with Crippen LogP contribution in [0.15, 0.2) is 24.5 Å². The van der Waals surface area contributed by atoms with E-state index in [1.807, 2.05) is 17.0 Å². The molecule has 24 heavy (non-hydrogen) atoms. The molecule has 5 nitrogen and oxygen atoms in total. The highest BCUT2D eigenvalue weighted by Gasteiger charge is 2.41. The zero-order valence-corrected chi connectivity index (χ0v) is 15.2. The zero-order chi connectivity index (χ0) is 17.0. The van der Waals surface area contributed by atoms with Gasteiger partial charge in [0.25, 0.3) is 0 Å². The molecule has 1 aliphatic carbocycles. The van der Waals surface area contributed by atoms with E-state index in [4.69, 9.17) is 0 Å². The first kappa shape index (κ1) is 17.4. The molecule has 2 aliphatic rings. The molecule has 2 atom stereocenters. The number of carbonyl (C=O) groups excluding carboxylic acids is 1. The van der Waals surface area contributed by atoms with Gasteiger partial charge in [-0.05, 0) is 43.4 Å². The molecular weight excluding hydrogens is 322 g/mol. The molecule has 0 aromatic carbocycles. The van der Waals surface area contributed by atoms with E-state index in [-0.39, 0.29) is 16.8 Å². The number of hydrogen-bond donors (Lipinski definition) is 1. The van der Waals surface area contributed by atoms with Crippen molar-refractivity contribution in [2.45, 2.75) is 55.7 Å². The van der Waals surface area contributed by atoms with Crippen LogP contribution in [0.4, 0.5) is 4.79 Å². The summed E-state index contributed by atoms with van der Waals surface area (Å²) in [5.74, 6) is 0. The quantitative estimate of drug-likeness (QED) is 0.909. The van der Waals surface area contributed by atoms with Crippen molar-refractivity contribution in [1.29, 1.82) is 0 Å². The Morgan fingerprint density at radius 2 is 2.04 bits per heavy atom. The topological polar surface area (TPSA) is 62.3 Å². The van der Waals surface area contributed by atoms with Gasteiger partial charge in [-0.1, -0.05) is 19.3 Å². The number of aromatic nitrogens is 1. The number of rotatable bonds is 4. The monoisotopic (exact) mass is 349 g/mol. The summed E-state index contributed by atoms with van der Waals surface area (Å²) in [7, 11) is -0.893. The van der Waals surface area contributed by atoms with Crippen LogP contribution in [0.25, 0.3) is 0 Å². The van der Waals surface area contributed by atoms with Gasteiger partial charge < -0.3 is 10.2 Å². The number of urea groups is 1. The van der Waals surface area contributed by atoms with E-state index in [0.717, 1.165) is 57.1 Å². The summed E-state index contributed by atoms with van der Waals surface area (Å²) in [4.78, 5) is 18.9. The van der Waals surface area contributed by atoms with Gasteiger partial charge in [-0.25, -0.2) is 4.79 Å². The van der Waals surface area contributed by atoms with E-state index >= 15 is 0 Å². The lowest BCUT2D eigenvalue weighted by Crippen LogP contribution is -2.53. The van der Waals surface area contributed by atoms with Gasteiger partial charge in [0.05, 0.1) is 10.8 Å². The maximum Gasteiger partial charge on any atom is 0.317 e. The maximum absolute atomic E-state index is 12.8. The zero-order valence-electron chi connectivity index (χ0n) is 14.4. The minimum atomic E-state index is -0.893. The molecule has 1 saturated heterocycles. The van der Waals surface area contributed by atoms with Gasteiger partial charge >= 0.3 is 6.03 Å². The minimum absolute atomic E-state index is 0.0181. The fourth-order valence-electron chi connectivity index (χ4n) is 3.76. The van der Waals surface area contributed by atoms with Gasteiger partial charge in [0.1, 0.15) is 0 Å². The Hall–Kier alpha value is -1.43. The lowest BCUT2D eigenvalue weighted by molar-refractivity contribution is 0.172. The van der Waals surface area contributed by atoms with Crippen molar-refractivity contribution < 1.29 is 9.00 Å². The van der Waals surface area contributed by atoms with Crippen LogP contribution in [0.2, 0.25) is 0 Å². The molecule has 0 spiro atoms. The predicted octanol–water partition coefficient (Wildman–Crippen LogP) is 3.01. The van der Waals surface area contributed by atoms with E-state index in [0.29, 0.717) is 6.54 Å². The van der Waals surface area contributed by atoms with Crippen LogP contribution < -0.4 is 5.32 Å². The van der Waals surface area contributed by atoms with Gasteiger partial charge in [0.2, 0.25) is 0 Å². The second-order valence-corrected chi connectivity index (χ2v) is 8.76. The van der Waals surface area contributed by atoms with Crippen molar-refractivity contribution in [1.82, 2.24) is 15.2 Å². The van der Waals surface area contributed by atoms with Crippen LogP contribution in [0, 0.1) is 0 Å². The fraction of sp³-hybridized carbons (Fsp3) is 0.667. The minimum Gasteiger partial charge on any atom is -0.336 e.